The molecular weight excluding hydrogens is 296 g/mol. The first-order valence-corrected chi connectivity index (χ1v) is 7.16. The van der Waals surface area contributed by atoms with E-state index in [9.17, 15) is 15.0 Å². The van der Waals surface area contributed by atoms with Crippen molar-refractivity contribution < 1.29 is 20.1 Å². The van der Waals surface area contributed by atoms with Gasteiger partial charge in [-0.3, -0.25) is 4.79 Å². The van der Waals surface area contributed by atoms with Crippen molar-refractivity contribution in [1.82, 2.24) is 5.43 Å². The van der Waals surface area contributed by atoms with Gasteiger partial charge in [0, 0.05) is 18.1 Å². The number of hydrazone groups is 1. The molecule has 0 atom stereocenters. The molecule has 0 heterocycles. The Balaban J connectivity index is 1.74. The van der Waals surface area contributed by atoms with Gasteiger partial charge in [0.2, 0.25) is 5.91 Å². The predicted octanol–water partition coefficient (Wildman–Crippen LogP) is 2.28. The highest BCUT2D eigenvalue weighted by Gasteiger charge is 2.02. The highest BCUT2D eigenvalue weighted by molar-refractivity contribution is 5.85. The normalized spacial score (nSPS) is 10.8. The quantitative estimate of drug-likeness (QED) is 0.485. The van der Waals surface area contributed by atoms with Gasteiger partial charge in [-0.25, -0.2) is 5.43 Å². The van der Waals surface area contributed by atoms with Crippen LogP contribution in [0.15, 0.2) is 47.6 Å². The molecule has 23 heavy (non-hydrogen) atoms. The molecule has 0 aliphatic carbocycles. The van der Waals surface area contributed by atoms with E-state index in [-0.39, 0.29) is 23.2 Å². The van der Waals surface area contributed by atoms with Gasteiger partial charge in [0.25, 0.3) is 0 Å². The third kappa shape index (κ3) is 5.35. The van der Waals surface area contributed by atoms with E-state index in [0.29, 0.717) is 18.4 Å². The summed E-state index contributed by atoms with van der Waals surface area (Å²) >= 11 is 0. The molecule has 0 saturated heterocycles. The maximum absolute atomic E-state index is 11.6. The summed E-state index contributed by atoms with van der Waals surface area (Å²) in [7, 11) is 0. The van der Waals surface area contributed by atoms with E-state index in [1.165, 1.54) is 24.4 Å². The molecule has 0 aliphatic rings. The molecule has 0 radical (unpaired) electrons. The summed E-state index contributed by atoms with van der Waals surface area (Å²) in [5.41, 5.74) is 3.83. The van der Waals surface area contributed by atoms with Gasteiger partial charge in [-0.1, -0.05) is 12.1 Å². The van der Waals surface area contributed by atoms with E-state index in [2.05, 4.69) is 10.5 Å². The van der Waals surface area contributed by atoms with Gasteiger partial charge < -0.3 is 15.3 Å². The van der Waals surface area contributed by atoms with Crippen LogP contribution in [0.1, 0.15) is 24.0 Å². The van der Waals surface area contributed by atoms with Crippen molar-refractivity contribution in [3.63, 3.8) is 0 Å². The first kappa shape index (κ1) is 16.4. The van der Waals surface area contributed by atoms with Crippen LogP contribution in [-0.2, 0) is 11.2 Å². The van der Waals surface area contributed by atoms with E-state index in [4.69, 9.17) is 5.11 Å². The molecule has 2 rings (SSSR count). The Bertz CT molecular complexity index is 696. The summed E-state index contributed by atoms with van der Waals surface area (Å²) in [5, 5.41) is 31.7. The average Bonchev–Trinajstić information content (AvgIpc) is 2.51. The van der Waals surface area contributed by atoms with Crippen molar-refractivity contribution in [2.75, 3.05) is 0 Å². The third-order valence-electron chi connectivity index (χ3n) is 3.21. The number of hydrogen-bond donors (Lipinski definition) is 4. The van der Waals surface area contributed by atoms with Crippen LogP contribution in [0.5, 0.6) is 17.2 Å². The SMILES string of the molecule is O=C(CCCc1ccc(O)cc1)N/N=C/c1ccc(O)cc1O. The van der Waals surface area contributed by atoms with Crippen LogP contribution in [-0.4, -0.2) is 27.4 Å². The molecule has 0 fully saturated rings. The fraction of sp³-hybridized carbons (Fsp3) is 0.176. The van der Waals surface area contributed by atoms with E-state index < -0.39 is 0 Å². The Morgan fingerprint density at radius 3 is 2.43 bits per heavy atom. The number of amides is 1. The summed E-state index contributed by atoms with van der Waals surface area (Å²) in [6.07, 6.45) is 3.03. The lowest BCUT2D eigenvalue weighted by Crippen LogP contribution is -2.17. The zero-order chi connectivity index (χ0) is 16.7. The number of benzene rings is 2. The Morgan fingerprint density at radius 1 is 1.04 bits per heavy atom. The number of aromatic hydroxyl groups is 3. The molecule has 2 aromatic carbocycles. The highest BCUT2D eigenvalue weighted by Crippen LogP contribution is 2.20. The fourth-order valence-electron chi connectivity index (χ4n) is 1.99. The standard InChI is InChI=1S/C17H18N2O4/c20-14-7-4-12(5-8-14)2-1-3-17(23)19-18-11-13-6-9-15(21)10-16(13)22/h4-11,20-22H,1-3H2,(H,19,23)/b18-11+. The van der Waals surface area contributed by atoms with Gasteiger partial charge in [-0.15, -0.1) is 0 Å². The molecule has 6 heteroatoms. The number of aryl methyl sites for hydroxylation is 1. The van der Waals surface area contributed by atoms with Crippen molar-refractivity contribution in [1.29, 1.82) is 0 Å². The molecule has 120 valence electrons. The van der Waals surface area contributed by atoms with Crippen LogP contribution in [0.25, 0.3) is 0 Å². The van der Waals surface area contributed by atoms with Crippen LogP contribution in [0.3, 0.4) is 0 Å². The number of rotatable bonds is 6. The number of phenolic OH excluding ortho intramolecular Hbond substituents is 3. The Morgan fingerprint density at radius 2 is 1.74 bits per heavy atom. The molecule has 2 aromatic rings. The summed E-state index contributed by atoms with van der Waals surface area (Å²) in [6, 6.07) is 11.0. The second-order valence-electron chi connectivity index (χ2n) is 5.06. The average molecular weight is 314 g/mol. The minimum absolute atomic E-state index is 0.0436. The molecule has 0 bridgehead atoms. The summed E-state index contributed by atoms with van der Waals surface area (Å²) in [6.45, 7) is 0. The van der Waals surface area contributed by atoms with Crippen molar-refractivity contribution in [3.8, 4) is 17.2 Å². The lowest BCUT2D eigenvalue weighted by molar-refractivity contribution is -0.121. The van der Waals surface area contributed by atoms with Gasteiger partial charge in [-0.05, 0) is 42.7 Å². The first-order chi connectivity index (χ1) is 11.0. The second-order valence-corrected chi connectivity index (χ2v) is 5.06. The Hall–Kier alpha value is -3.02. The number of carbonyl (C=O) groups is 1. The maximum atomic E-state index is 11.6. The monoisotopic (exact) mass is 314 g/mol. The van der Waals surface area contributed by atoms with Crippen LogP contribution in [0.4, 0.5) is 0 Å². The second kappa shape index (κ2) is 7.84. The minimum atomic E-state index is -0.224. The first-order valence-electron chi connectivity index (χ1n) is 7.16. The molecule has 4 N–H and O–H groups in total. The molecule has 0 unspecified atom stereocenters. The van der Waals surface area contributed by atoms with E-state index in [1.54, 1.807) is 12.1 Å². The molecule has 0 spiro atoms. The van der Waals surface area contributed by atoms with Gasteiger partial charge in [0.05, 0.1) is 6.21 Å². The van der Waals surface area contributed by atoms with E-state index in [1.807, 2.05) is 12.1 Å². The van der Waals surface area contributed by atoms with Gasteiger partial charge in [0.1, 0.15) is 17.2 Å². The van der Waals surface area contributed by atoms with Crippen LogP contribution >= 0.6 is 0 Å². The summed E-state index contributed by atoms with van der Waals surface area (Å²) in [4.78, 5) is 11.6. The number of nitrogens with one attached hydrogen (secondary N) is 1. The van der Waals surface area contributed by atoms with Gasteiger partial charge in [-0.2, -0.15) is 5.10 Å². The van der Waals surface area contributed by atoms with Crippen LogP contribution in [0.2, 0.25) is 0 Å². The van der Waals surface area contributed by atoms with Crippen molar-refractivity contribution >= 4 is 12.1 Å². The summed E-state index contributed by atoms with van der Waals surface area (Å²) < 4.78 is 0. The molecule has 0 saturated carbocycles. The molecule has 0 aliphatic heterocycles. The number of hydrogen-bond acceptors (Lipinski definition) is 5. The Kier molecular flexibility index (Phi) is 5.57. The van der Waals surface area contributed by atoms with Crippen LogP contribution < -0.4 is 5.43 Å². The minimum Gasteiger partial charge on any atom is -0.508 e. The number of phenols is 3. The van der Waals surface area contributed by atoms with Crippen LogP contribution in [0, 0.1) is 0 Å². The molecule has 0 aromatic heterocycles. The fourth-order valence-corrected chi connectivity index (χ4v) is 1.99. The topological polar surface area (TPSA) is 102 Å². The van der Waals surface area contributed by atoms with E-state index >= 15 is 0 Å². The summed E-state index contributed by atoms with van der Waals surface area (Å²) in [5.74, 6) is -0.162. The number of carbonyl (C=O) groups excluding carboxylic acids is 1. The lowest BCUT2D eigenvalue weighted by Gasteiger charge is -2.02. The predicted molar refractivity (Wildman–Crippen MR) is 86.6 cm³/mol. The molecular formula is C17H18N2O4. The smallest absolute Gasteiger partial charge is 0.240 e. The van der Waals surface area contributed by atoms with E-state index in [0.717, 1.165) is 12.0 Å². The maximum Gasteiger partial charge on any atom is 0.240 e. The molecule has 1 amide bonds. The number of nitrogens with zero attached hydrogens (tertiary/aromatic N) is 1. The Labute approximate surface area is 133 Å². The van der Waals surface area contributed by atoms with Gasteiger partial charge in [0.15, 0.2) is 0 Å². The van der Waals surface area contributed by atoms with Gasteiger partial charge >= 0.3 is 0 Å². The van der Waals surface area contributed by atoms with Crippen molar-refractivity contribution in [2.45, 2.75) is 19.3 Å². The highest BCUT2D eigenvalue weighted by atomic mass is 16.3. The third-order valence-corrected chi connectivity index (χ3v) is 3.21. The van der Waals surface area contributed by atoms with Crippen molar-refractivity contribution in [3.05, 3.63) is 53.6 Å². The van der Waals surface area contributed by atoms with Crippen molar-refractivity contribution in [2.24, 2.45) is 5.10 Å². The lowest BCUT2D eigenvalue weighted by atomic mass is 10.1. The zero-order valence-corrected chi connectivity index (χ0v) is 12.4. The zero-order valence-electron chi connectivity index (χ0n) is 12.4. The molecule has 6 nitrogen and oxygen atoms in total. The largest absolute Gasteiger partial charge is 0.508 e.